The summed E-state index contributed by atoms with van der Waals surface area (Å²) in [6.45, 7) is 4.93. The normalized spacial score (nSPS) is 14.7. The highest BCUT2D eigenvalue weighted by molar-refractivity contribution is 5.79. The lowest BCUT2D eigenvalue weighted by molar-refractivity contribution is -0.170. The van der Waals surface area contributed by atoms with E-state index in [9.17, 15) is 9.59 Å². The molecule has 0 amide bonds. The number of esters is 1. The van der Waals surface area contributed by atoms with Gasteiger partial charge in [0.05, 0.1) is 0 Å². The number of hydrogen-bond acceptors (Lipinski definition) is 4. The Bertz CT molecular complexity index is 189. The van der Waals surface area contributed by atoms with E-state index in [2.05, 4.69) is 4.74 Å². The molecule has 0 aromatic heterocycles. The number of carbonyl (C=O) groups excluding carboxylic acids is 1. The Morgan fingerprint density at radius 2 is 1.85 bits per heavy atom. The zero-order valence-corrected chi connectivity index (χ0v) is 7.94. The average molecular weight is 190 g/mol. The fourth-order valence-electron chi connectivity index (χ4n) is 0.638. The van der Waals surface area contributed by atoms with Crippen molar-refractivity contribution in [3.05, 3.63) is 0 Å². The highest BCUT2D eigenvalue weighted by Gasteiger charge is 2.21. The van der Waals surface area contributed by atoms with Gasteiger partial charge >= 0.3 is 11.9 Å². The Labute approximate surface area is 76.6 Å². The van der Waals surface area contributed by atoms with Crippen molar-refractivity contribution in [2.45, 2.75) is 33.0 Å². The molecule has 0 aromatic rings. The lowest BCUT2D eigenvalue weighted by Crippen LogP contribution is -2.30. The van der Waals surface area contributed by atoms with Crippen LogP contribution in [0.25, 0.3) is 0 Å². The maximum absolute atomic E-state index is 11.0. The second kappa shape index (κ2) is 5.53. The van der Waals surface area contributed by atoms with Crippen LogP contribution < -0.4 is 0 Å². The van der Waals surface area contributed by atoms with Crippen LogP contribution >= 0.6 is 0 Å². The molecule has 0 radical (unpaired) electrons. The van der Waals surface area contributed by atoms with Gasteiger partial charge in [0.1, 0.15) is 0 Å². The summed E-state index contributed by atoms with van der Waals surface area (Å²) in [5, 5.41) is 8.42. The monoisotopic (exact) mass is 190 g/mol. The van der Waals surface area contributed by atoms with Crippen molar-refractivity contribution in [1.82, 2.24) is 0 Å². The largest absolute Gasteiger partial charge is 0.479 e. The molecule has 0 saturated heterocycles. The third-order valence-electron chi connectivity index (χ3n) is 1.39. The van der Waals surface area contributed by atoms with Crippen LogP contribution in [0.2, 0.25) is 0 Å². The summed E-state index contributed by atoms with van der Waals surface area (Å²) in [5.41, 5.74) is 0. The lowest BCUT2D eigenvalue weighted by Gasteiger charge is -2.13. The van der Waals surface area contributed by atoms with Gasteiger partial charge in [0, 0.05) is 6.61 Å². The summed E-state index contributed by atoms with van der Waals surface area (Å²) in [5.74, 6) is -1.83. The molecule has 0 rings (SSSR count). The van der Waals surface area contributed by atoms with Crippen molar-refractivity contribution < 1.29 is 24.2 Å². The minimum atomic E-state index is -1.17. The molecule has 0 aliphatic carbocycles. The van der Waals surface area contributed by atoms with Gasteiger partial charge in [-0.1, -0.05) is 0 Å². The lowest BCUT2D eigenvalue weighted by atomic mass is 10.4. The molecule has 5 heteroatoms. The Hall–Kier alpha value is -1.10. The molecular formula is C8H14O5. The molecule has 0 aliphatic rings. The predicted octanol–water partition coefficient (Wildman–Crippen LogP) is 0.428. The van der Waals surface area contributed by atoms with Crippen LogP contribution in [0.5, 0.6) is 0 Å². The summed E-state index contributed by atoms with van der Waals surface area (Å²) in [6, 6.07) is 0. The molecule has 0 saturated carbocycles. The molecule has 5 nitrogen and oxygen atoms in total. The molecule has 0 unspecified atom stereocenters. The van der Waals surface area contributed by atoms with Gasteiger partial charge < -0.3 is 14.6 Å². The SMILES string of the molecule is CCO[C@@H](C)C(=O)O[C@H](C)C(=O)O. The standard InChI is InChI=1S/C8H14O5/c1-4-12-6(3)8(11)13-5(2)7(9)10/h5-6H,4H2,1-3H3,(H,9,10)/t5-,6+/m1/s1. The summed E-state index contributed by atoms with van der Waals surface area (Å²) in [7, 11) is 0. The molecule has 2 atom stereocenters. The highest BCUT2D eigenvalue weighted by Crippen LogP contribution is 1.98. The molecule has 76 valence electrons. The van der Waals surface area contributed by atoms with Crippen LogP contribution in [0.15, 0.2) is 0 Å². The second-order valence-electron chi connectivity index (χ2n) is 2.51. The summed E-state index contributed by atoms with van der Waals surface area (Å²) >= 11 is 0. The van der Waals surface area contributed by atoms with Crippen molar-refractivity contribution in [2.24, 2.45) is 0 Å². The Balaban J connectivity index is 3.92. The van der Waals surface area contributed by atoms with Gasteiger partial charge in [-0.25, -0.2) is 9.59 Å². The first-order valence-electron chi connectivity index (χ1n) is 4.04. The van der Waals surface area contributed by atoms with E-state index in [0.717, 1.165) is 0 Å². The predicted molar refractivity (Wildman–Crippen MR) is 44.3 cm³/mol. The maximum Gasteiger partial charge on any atom is 0.344 e. The fourth-order valence-corrected chi connectivity index (χ4v) is 0.638. The van der Waals surface area contributed by atoms with Gasteiger partial charge in [0.15, 0.2) is 12.2 Å². The van der Waals surface area contributed by atoms with E-state index >= 15 is 0 Å². The van der Waals surface area contributed by atoms with E-state index in [4.69, 9.17) is 9.84 Å². The van der Waals surface area contributed by atoms with Gasteiger partial charge in [0.25, 0.3) is 0 Å². The number of hydrogen-bond donors (Lipinski definition) is 1. The molecule has 0 aliphatic heterocycles. The molecule has 1 N–H and O–H groups in total. The quantitative estimate of drug-likeness (QED) is 0.636. The van der Waals surface area contributed by atoms with Gasteiger partial charge in [-0.2, -0.15) is 0 Å². The Morgan fingerprint density at radius 3 is 2.23 bits per heavy atom. The zero-order chi connectivity index (χ0) is 10.4. The van der Waals surface area contributed by atoms with Gasteiger partial charge in [0.2, 0.25) is 0 Å². The molecule has 0 bridgehead atoms. The first-order valence-corrected chi connectivity index (χ1v) is 4.04. The number of carbonyl (C=O) groups is 2. The number of rotatable bonds is 5. The number of carboxylic acid groups (broad SMARTS) is 1. The fraction of sp³-hybridized carbons (Fsp3) is 0.750. The van der Waals surface area contributed by atoms with E-state index in [1.165, 1.54) is 13.8 Å². The van der Waals surface area contributed by atoms with E-state index < -0.39 is 24.1 Å². The molecule has 0 heterocycles. The smallest absolute Gasteiger partial charge is 0.344 e. The van der Waals surface area contributed by atoms with E-state index in [-0.39, 0.29) is 0 Å². The highest BCUT2D eigenvalue weighted by atomic mass is 16.6. The zero-order valence-electron chi connectivity index (χ0n) is 7.94. The van der Waals surface area contributed by atoms with E-state index in [1.807, 2.05) is 0 Å². The minimum absolute atomic E-state index is 0.387. The van der Waals surface area contributed by atoms with Crippen LogP contribution in [0.4, 0.5) is 0 Å². The van der Waals surface area contributed by atoms with Crippen molar-refractivity contribution in [1.29, 1.82) is 0 Å². The van der Waals surface area contributed by atoms with Crippen molar-refractivity contribution in [3.8, 4) is 0 Å². The van der Waals surface area contributed by atoms with Crippen LogP contribution in [0, 0.1) is 0 Å². The van der Waals surface area contributed by atoms with Crippen molar-refractivity contribution >= 4 is 11.9 Å². The summed E-state index contributed by atoms with van der Waals surface area (Å²) in [6.07, 6.45) is -1.85. The molecular weight excluding hydrogens is 176 g/mol. The third kappa shape index (κ3) is 4.47. The van der Waals surface area contributed by atoms with Crippen molar-refractivity contribution in [2.75, 3.05) is 6.61 Å². The average Bonchev–Trinajstić information content (AvgIpc) is 2.04. The maximum atomic E-state index is 11.0. The second-order valence-corrected chi connectivity index (χ2v) is 2.51. The van der Waals surface area contributed by atoms with Crippen LogP contribution in [-0.4, -0.2) is 35.9 Å². The first-order chi connectivity index (χ1) is 5.99. The number of carboxylic acids is 1. The number of aliphatic carboxylic acids is 1. The van der Waals surface area contributed by atoms with Crippen LogP contribution in [-0.2, 0) is 19.1 Å². The van der Waals surface area contributed by atoms with E-state index in [0.29, 0.717) is 6.61 Å². The van der Waals surface area contributed by atoms with Crippen LogP contribution in [0.1, 0.15) is 20.8 Å². The van der Waals surface area contributed by atoms with Gasteiger partial charge in [-0.3, -0.25) is 0 Å². The first kappa shape index (κ1) is 11.9. The topological polar surface area (TPSA) is 72.8 Å². The molecule has 13 heavy (non-hydrogen) atoms. The van der Waals surface area contributed by atoms with Gasteiger partial charge in [-0.05, 0) is 20.8 Å². The van der Waals surface area contributed by atoms with Crippen molar-refractivity contribution in [3.63, 3.8) is 0 Å². The Kier molecular flexibility index (Phi) is 5.06. The molecule has 0 fully saturated rings. The third-order valence-corrected chi connectivity index (χ3v) is 1.39. The summed E-state index contributed by atoms with van der Waals surface area (Å²) < 4.78 is 9.48. The Morgan fingerprint density at radius 1 is 1.31 bits per heavy atom. The van der Waals surface area contributed by atoms with Crippen LogP contribution in [0.3, 0.4) is 0 Å². The van der Waals surface area contributed by atoms with E-state index in [1.54, 1.807) is 6.92 Å². The summed E-state index contributed by atoms with van der Waals surface area (Å²) in [4.78, 5) is 21.3. The van der Waals surface area contributed by atoms with Gasteiger partial charge in [-0.15, -0.1) is 0 Å². The molecule has 0 spiro atoms. The molecule has 0 aromatic carbocycles. The number of ether oxygens (including phenoxy) is 2. The minimum Gasteiger partial charge on any atom is -0.479 e.